The highest BCUT2D eigenvalue weighted by Gasteiger charge is 2.27. The Kier molecular flexibility index (Phi) is 7.29. The number of aliphatic imine (C=N–C) groups is 4. The van der Waals surface area contributed by atoms with Crippen molar-refractivity contribution in [3.63, 3.8) is 0 Å². The summed E-state index contributed by atoms with van der Waals surface area (Å²) in [6.07, 6.45) is 16.0. The second-order valence-corrected chi connectivity index (χ2v) is 12.3. The average molecular weight is 658 g/mol. The van der Waals surface area contributed by atoms with Gasteiger partial charge < -0.3 is 0 Å². The number of fused-ring (bicyclic) bond motifs is 4. The molecule has 5 aliphatic heterocycles. The van der Waals surface area contributed by atoms with Crippen molar-refractivity contribution < 1.29 is 4.92 Å². The van der Waals surface area contributed by atoms with Crippen molar-refractivity contribution in [1.29, 1.82) is 0 Å². The lowest BCUT2D eigenvalue weighted by molar-refractivity contribution is -0.384. The summed E-state index contributed by atoms with van der Waals surface area (Å²) >= 11 is 0. The van der Waals surface area contributed by atoms with Gasteiger partial charge in [-0.2, -0.15) is 0 Å². The molecule has 7 heteroatoms. The maximum Gasteiger partial charge on any atom is 0.270 e. The Balaban J connectivity index is 1.37. The third-order valence-corrected chi connectivity index (χ3v) is 9.14. The van der Waals surface area contributed by atoms with Gasteiger partial charge in [0.05, 0.1) is 50.6 Å². The van der Waals surface area contributed by atoms with Crippen LogP contribution in [0, 0.1) is 10.1 Å². The van der Waals surface area contributed by atoms with E-state index in [1.54, 1.807) is 12.1 Å². The SMILES string of the molecule is O=[N+]([O-])c1cccc(C2=C3C=CC(=N3)C(c3ccccc3)=C3C=CC(=N3)C(c3ccccc3)=C3C=CC(=N3)C(c3ccccc3)=C3C=CC2=N3)c1. The van der Waals surface area contributed by atoms with Crippen LogP contribution in [-0.4, -0.2) is 27.8 Å². The fourth-order valence-electron chi connectivity index (χ4n) is 6.86. The largest absolute Gasteiger partial charge is 0.270 e. The molecular formula is C44H27N5O2. The first-order valence-corrected chi connectivity index (χ1v) is 16.6. The number of benzene rings is 4. The van der Waals surface area contributed by atoms with Crippen molar-refractivity contribution in [3.8, 4) is 0 Å². The Labute approximate surface area is 294 Å². The zero-order valence-corrected chi connectivity index (χ0v) is 27.1. The first-order valence-electron chi connectivity index (χ1n) is 16.6. The first kappa shape index (κ1) is 30.0. The van der Waals surface area contributed by atoms with Gasteiger partial charge in [0.15, 0.2) is 0 Å². The van der Waals surface area contributed by atoms with E-state index in [0.29, 0.717) is 22.5 Å². The molecular weight excluding hydrogens is 631 g/mol. The van der Waals surface area contributed by atoms with Crippen molar-refractivity contribution >= 4 is 50.8 Å². The van der Waals surface area contributed by atoms with Gasteiger partial charge in [0, 0.05) is 34.4 Å². The second-order valence-electron chi connectivity index (χ2n) is 12.3. The zero-order chi connectivity index (χ0) is 34.3. The highest BCUT2D eigenvalue weighted by molar-refractivity contribution is 6.39. The van der Waals surface area contributed by atoms with Crippen LogP contribution in [-0.2, 0) is 0 Å². The second kappa shape index (κ2) is 12.4. The lowest BCUT2D eigenvalue weighted by Gasteiger charge is -2.12. The van der Waals surface area contributed by atoms with Gasteiger partial charge in [-0.05, 0) is 70.9 Å². The van der Waals surface area contributed by atoms with E-state index >= 15 is 0 Å². The molecule has 8 bridgehead atoms. The minimum Gasteiger partial charge on any atom is -0.258 e. The monoisotopic (exact) mass is 657 g/mol. The highest BCUT2D eigenvalue weighted by Crippen LogP contribution is 2.38. The topological polar surface area (TPSA) is 92.6 Å². The van der Waals surface area contributed by atoms with Gasteiger partial charge in [0.25, 0.3) is 5.69 Å². The molecule has 0 aromatic heterocycles. The molecule has 9 rings (SSSR count). The molecule has 0 N–H and O–H groups in total. The predicted octanol–water partition coefficient (Wildman–Crippen LogP) is 9.60. The number of hydrogen-bond acceptors (Lipinski definition) is 6. The third-order valence-electron chi connectivity index (χ3n) is 9.14. The third kappa shape index (κ3) is 5.43. The molecule has 240 valence electrons. The average Bonchev–Trinajstić information content (AvgIpc) is 4.01. The fraction of sp³-hybridized carbons (Fsp3) is 0. The van der Waals surface area contributed by atoms with Gasteiger partial charge in [-0.3, -0.25) is 10.1 Å². The van der Waals surface area contributed by atoms with Crippen LogP contribution in [0.25, 0.3) is 22.3 Å². The van der Waals surface area contributed by atoms with E-state index in [0.717, 1.165) is 67.6 Å². The molecule has 51 heavy (non-hydrogen) atoms. The lowest BCUT2D eigenvalue weighted by Crippen LogP contribution is -2.04. The predicted molar refractivity (Wildman–Crippen MR) is 206 cm³/mol. The first-order chi connectivity index (χ1) is 25.1. The standard InChI is InChI=1S/C44H27N5O2/c50-49(51)32-18-10-17-31(27-32)44-39-25-23-37(47-39)42(29-13-6-2-7-14-29)35-21-19-33(45-35)41(28-11-4-1-5-12-28)34-20-22-36(46-34)43(30-15-8-3-9-16-30)38-24-26-40(44)48-38/h1-27H. The summed E-state index contributed by atoms with van der Waals surface area (Å²) in [6.45, 7) is 0. The van der Waals surface area contributed by atoms with Crippen molar-refractivity contribution in [1.82, 2.24) is 0 Å². The van der Waals surface area contributed by atoms with Crippen LogP contribution in [0.5, 0.6) is 0 Å². The molecule has 4 aromatic carbocycles. The number of hydrogen-bond donors (Lipinski definition) is 0. The molecule has 4 aromatic rings. The number of allylic oxidation sites excluding steroid dienone is 12. The van der Waals surface area contributed by atoms with E-state index in [1.807, 2.05) is 109 Å². The maximum atomic E-state index is 11.9. The molecule has 7 nitrogen and oxygen atoms in total. The maximum absolute atomic E-state index is 11.9. The number of nitro groups is 1. The van der Waals surface area contributed by atoms with Gasteiger partial charge in [-0.1, -0.05) is 103 Å². The smallest absolute Gasteiger partial charge is 0.258 e. The van der Waals surface area contributed by atoms with Gasteiger partial charge in [-0.25, -0.2) is 20.0 Å². The Morgan fingerprint density at radius 1 is 0.373 bits per heavy atom. The van der Waals surface area contributed by atoms with E-state index in [2.05, 4.69) is 36.4 Å². The molecule has 0 spiro atoms. The summed E-state index contributed by atoms with van der Waals surface area (Å²) in [5.41, 5.74) is 12.8. The molecule has 0 saturated heterocycles. The minimum atomic E-state index is -0.381. The molecule has 0 unspecified atom stereocenters. The van der Waals surface area contributed by atoms with Crippen molar-refractivity contribution in [3.05, 3.63) is 219 Å². The zero-order valence-electron chi connectivity index (χ0n) is 27.1. The van der Waals surface area contributed by atoms with E-state index < -0.39 is 0 Å². The Bertz CT molecular complexity index is 2520. The summed E-state index contributed by atoms with van der Waals surface area (Å²) in [5.74, 6) is 0. The number of nitro benzene ring substituents is 1. The van der Waals surface area contributed by atoms with Gasteiger partial charge in [-0.15, -0.1) is 0 Å². The normalized spacial score (nSPS) is 17.4. The molecule has 0 atom stereocenters. The van der Waals surface area contributed by atoms with Crippen molar-refractivity contribution in [2.45, 2.75) is 0 Å². The lowest BCUT2D eigenvalue weighted by atomic mass is 9.98. The van der Waals surface area contributed by atoms with Gasteiger partial charge >= 0.3 is 0 Å². The summed E-state index contributed by atoms with van der Waals surface area (Å²) in [5, 5.41) is 11.9. The summed E-state index contributed by atoms with van der Waals surface area (Å²) in [4.78, 5) is 32.5. The van der Waals surface area contributed by atoms with Gasteiger partial charge in [0.1, 0.15) is 0 Å². The summed E-state index contributed by atoms with van der Waals surface area (Å²) in [7, 11) is 0. The fourth-order valence-corrected chi connectivity index (χ4v) is 6.86. The van der Waals surface area contributed by atoms with Crippen LogP contribution in [0.3, 0.4) is 0 Å². The highest BCUT2D eigenvalue weighted by atomic mass is 16.6. The minimum absolute atomic E-state index is 0.00808. The Hall–Kier alpha value is -7.12. The van der Waals surface area contributed by atoms with Crippen molar-refractivity contribution in [2.75, 3.05) is 0 Å². The van der Waals surface area contributed by atoms with E-state index in [9.17, 15) is 10.1 Å². The van der Waals surface area contributed by atoms with Crippen LogP contribution in [0.1, 0.15) is 22.3 Å². The molecule has 0 saturated carbocycles. The summed E-state index contributed by atoms with van der Waals surface area (Å²) in [6, 6.07) is 37.1. The van der Waals surface area contributed by atoms with Crippen molar-refractivity contribution in [2.24, 2.45) is 20.0 Å². The Morgan fingerprint density at radius 2 is 0.686 bits per heavy atom. The van der Waals surface area contributed by atoms with Crippen LogP contribution in [0.2, 0.25) is 0 Å². The Morgan fingerprint density at radius 3 is 1.02 bits per heavy atom. The van der Waals surface area contributed by atoms with Crippen LogP contribution in [0.4, 0.5) is 5.69 Å². The molecule has 0 radical (unpaired) electrons. The number of nitrogens with zero attached hydrogens (tertiary/aromatic N) is 5. The number of non-ortho nitro benzene ring substituents is 1. The van der Waals surface area contributed by atoms with Crippen LogP contribution in [0.15, 0.2) is 207 Å². The van der Waals surface area contributed by atoms with E-state index in [4.69, 9.17) is 20.0 Å². The molecule has 0 aliphatic carbocycles. The van der Waals surface area contributed by atoms with E-state index in [1.165, 1.54) is 6.07 Å². The van der Waals surface area contributed by atoms with E-state index in [-0.39, 0.29) is 10.6 Å². The molecule has 0 amide bonds. The molecule has 5 aliphatic rings. The quantitative estimate of drug-likeness (QED) is 0.158. The summed E-state index contributed by atoms with van der Waals surface area (Å²) < 4.78 is 0. The van der Waals surface area contributed by atoms with Crippen LogP contribution < -0.4 is 0 Å². The molecule has 0 fully saturated rings. The van der Waals surface area contributed by atoms with Crippen LogP contribution >= 0.6 is 0 Å². The molecule has 5 heterocycles. The number of rotatable bonds is 5. The van der Waals surface area contributed by atoms with Gasteiger partial charge in [0.2, 0.25) is 0 Å².